The summed E-state index contributed by atoms with van der Waals surface area (Å²) in [7, 11) is 0. The summed E-state index contributed by atoms with van der Waals surface area (Å²) in [6, 6.07) is 3.47. The summed E-state index contributed by atoms with van der Waals surface area (Å²) in [4.78, 5) is 4.79. The van der Waals surface area contributed by atoms with Crippen molar-refractivity contribution < 1.29 is 14.3 Å². The highest BCUT2D eigenvalue weighted by atomic mass is 35.5. The molecule has 4 nitrogen and oxygen atoms in total. The molecule has 0 aromatic heterocycles. The first-order valence-corrected chi connectivity index (χ1v) is 4.35. The third-order valence-electron chi connectivity index (χ3n) is 1.85. The molecule has 0 atom stereocenters. The van der Waals surface area contributed by atoms with E-state index < -0.39 is 0 Å². The van der Waals surface area contributed by atoms with E-state index in [9.17, 15) is 0 Å². The molecule has 0 spiro atoms. The number of rotatable bonds is 3. The lowest BCUT2D eigenvalue weighted by molar-refractivity contribution is 0.133. The predicted octanol–water partition coefficient (Wildman–Crippen LogP) is 2.20. The molecule has 0 aliphatic carbocycles. The summed E-state index contributed by atoms with van der Waals surface area (Å²) in [5.41, 5.74) is 0.795. The van der Waals surface area contributed by atoms with Crippen molar-refractivity contribution in [2.24, 2.45) is 5.16 Å². The summed E-state index contributed by atoms with van der Waals surface area (Å²) < 4.78 is 10.3. The van der Waals surface area contributed by atoms with E-state index in [1.165, 1.54) is 0 Å². The normalized spacial score (nSPS) is 12.6. The van der Waals surface area contributed by atoms with Crippen LogP contribution in [0.2, 0.25) is 5.02 Å². The Hall–Kier alpha value is -1.42. The second-order valence-electron chi connectivity index (χ2n) is 2.70. The smallest absolute Gasteiger partial charge is 0.231 e. The minimum absolute atomic E-state index is 0.232. The van der Waals surface area contributed by atoms with Crippen LogP contribution >= 0.6 is 11.6 Å². The van der Waals surface area contributed by atoms with Crippen LogP contribution in [0.4, 0.5) is 0 Å². The van der Waals surface area contributed by atoms with Crippen LogP contribution in [-0.4, -0.2) is 13.5 Å². The van der Waals surface area contributed by atoms with Gasteiger partial charge in [0.25, 0.3) is 0 Å². The van der Waals surface area contributed by atoms with E-state index in [4.69, 9.17) is 25.9 Å². The van der Waals surface area contributed by atoms with E-state index in [0.29, 0.717) is 16.5 Å². The Balaban J connectivity index is 2.27. The molecule has 1 aromatic carbocycles. The minimum Gasteiger partial charge on any atom is -0.454 e. The fourth-order valence-corrected chi connectivity index (χ4v) is 1.39. The molecule has 1 aliphatic rings. The van der Waals surface area contributed by atoms with Gasteiger partial charge in [-0.05, 0) is 6.07 Å². The predicted molar refractivity (Wildman–Crippen MR) is 51.9 cm³/mol. The highest BCUT2D eigenvalue weighted by molar-refractivity contribution is 6.31. The molecule has 0 N–H and O–H groups in total. The van der Waals surface area contributed by atoms with Crippen molar-refractivity contribution in [2.45, 2.75) is 6.61 Å². The van der Waals surface area contributed by atoms with Gasteiger partial charge in [0, 0.05) is 18.3 Å². The molecule has 2 rings (SSSR count). The second-order valence-corrected chi connectivity index (χ2v) is 3.11. The number of hydrogen-bond donors (Lipinski definition) is 0. The number of fused-ring (bicyclic) bond motifs is 1. The Labute approximate surface area is 86.0 Å². The van der Waals surface area contributed by atoms with Crippen molar-refractivity contribution in [1.82, 2.24) is 0 Å². The van der Waals surface area contributed by atoms with E-state index in [-0.39, 0.29) is 13.4 Å². The number of benzene rings is 1. The molecule has 0 fully saturated rings. The lowest BCUT2D eigenvalue weighted by Crippen LogP contribution is -1.93. The van der Waals surface area contributed by atoms with Gasteiger partial charge in [-0.1, -0.05) is 11.6 Å². The highest BCUT2D eigenvalue weighted by Crippen LogP contribution is 2.36. The van der Waals surface area contributed by atoms with Crippen LogP contribution in [0.15, 0.2) is 17.3 Å². The molecule has 0 amide bonds. The topological polar surface area (TPSA) is 40.0 Å². The molecule has 74 valence electrons. The van der Waals surface area contributed by atoms with Gasteiger partial charge >= 0.3 is 0 Å². The molecule has 0 saturated heterocycles. The van der Waals surface area contributed by atoms with Gasteiger partial charge in [-0.2, -0.15) is 0 Å². The van der Waals surface area contributed by atoms with E-state index >= 15 is 0 Å². The van der Waals surface area contributed by atoms with Crippen LogP contribution in [0, 0.1) is 0 Å². The minimum atomic E-state index is 0.232. The molecule has 0 saturated carbocycles. The maximum Gasteiger partial charge on any atom is 0.231 e. The molecule has 14 heavy (non-hydrogen) atoms. The van der Waals surface area contributed by atoms with Gasteiger partial charge in [-0.25, -0.2) is 0 Å². The summed E-state index contributed by atoms with van der Waals surface area (Å²) in [6.07, 6.45) is 0. The molecular formula is C9H8ClNO3. The molecule has 1 heterocycles. The Morgan fingerprint density at radius 2 is 2.14 bits per heavy atom. The van der Waals surface area contributed by atoms with Gasteiger partial charge in [0.05, 0.1) is 5.02 Å². The van der Waals surface area contributed by atoms with Crippen molar-refractivity contribution in [1.29, 1.82) is 0 Å². The van der Waals surface area contributed by atoms with E-state index in [1.54, 1.807) is 12.1 Å². The Morgan fingerprint density at radius 3 is 2.86 bits per heavy atom. The van der Waals surface area contributed by atoms with Crippen LogP contribution in [0.3, 0.4) is 0 Å². The van der Waals surface area contributed by atoms with Gasteiger partial charge in [-0.15, -0.1) is 5.16 Å². The first kappa shape index (κ1) is 9.15. The molecule has 1 aromatic rings. The van der Waals surface area contributed by atoms with Crippen molar-refractivity contribution in [3.8, 4) is 11.5 Å². The second kappa shape index (κ2) is 3.75. The number of hydrogen-bond acceptors (Lipinski definition) is 4. The van der Waals surface area contributed by atoms with Gasteiger partial charge in [0.1, 0.15) is 6.61 Å². The maximum absolute atomic E-state index is 5.97. The van der Waals surface area contributed by atoms with Crippen molar-refractivity contribution >= 4 is 18.3 Å². The number of halogens is 1. The Bertz CT molecular complexity index is 367. The quantitative estimate of drug-likeness (QED) is 0.571. The van der Waals surface area contributed by atoms with E-state index in [2.05, 4.69) is 11.9 Å². The lowest BCUT2D eigenvalue weighted by atomic mass is 10.2. The van der Waals surface area contributed by atoms with Crippen molar-refractivity contribution in [3.05, 3.63) is 22.7 Å². The van der Waals surface area contributed by atoms with Crippen LogP contribution in [0.25, 0.3) is 0 Å². The molecule has 1 aliphatic heterocycles. The first-order chi connectivity index (χ1) is 6.81. The zero-order valence-corrected chi connectivity index (χ0v) is 8.08. The molecule has 0 bridgehead atoms. The lowest BCUT2D eigenvalue weighted by Gasteiger charge is -2.04. The zero-order valence-electron chi connectivity index (χ0n) is 7.33. The zero-order chi connectivity index (χ0) is 9.97. The van der Waals surface area contributed by atoms with Gasteiger partial charge in [0.15, 0.2) is 11.5 Å². The number of nitrogens with zero attached hydrogens (tertiary/aromatic N) is 1. The van der Waals surface area contributed by atoms with Gasteiger partial charge in [-0.3, -0.25) is 0 Å². The molecule has 0 radical (unpaired) electrons. The summed E-state index contributed by atoms with van der Waals surface area (Å²) in [6.45, 7) is 3.72. The summed E-state index contributed by atoms with van der Waals surface area (Å²) in [5, 5.41) is 3.85. The van der Waals surface area contributed by atoms with Crippen LogP contribution < -0.4 is 9.47 Å². The van der Waals surface area contributed by atoms with Crippen molar-refractivity contribution in [3.63, 3.8) is 0 Å². The third kappa shape index (κ3) is 1.61. The molecule has 5 heteroatoms. The monoisotopic (exact) mass is 213 g/mol. The molecular weight excluding hydrogens is 206 g/mol. The summed E-state index contributed by atoms with van der Waals surface area (Å²) in [5.74, 6) is 1.34. The number of ether oxygens (including phenoxy) is 2. The summed E-state index contributed by atoms with van der Waals surface area (Å²) >= 11 is 5.97. The fourth-order valence-electron chi connectivity index (χ4n) is 1.19. The van der Waals surface area contributed by atoms with Crippen molar-refractivity contribution in [2.75, 3.05) is 6.79 Å². The Kier molecular flexibility index (Phi) is 2.45. The number of oxime groups is 1. The highest BCUT2D eigenvalue weighted by Gasteiger charge is 2.16. The molecule has 0 unspecified atom stereocenters. The van der Waals surface area contributed by atoms with Crippen LogP contribution in [-0.2, 0) is 11.4 Å². The SMILES string of the molecule is C=NOCc1cc2c(cc1Cl)OCO2. The fraction of sp³-hybridized carbons (Fsp3) is 0.222. The average molecular weight is 214 g/mol. The van der Waals surface area contributed by atoms with Crippen LogP contribution in [0.5, 0.6) is 11.5 Å². The first-order valence-electron chi connectivity index (χ1n) is 3.97. The average Bonchev–Trinajstić information content (AvgIpc) is 2.61. The van der Waals surface area contributed by atoms with Gasteiger partial charge in [0.2, 0.25) is 6.79 Å². The van der Waals surface area contributed by atoms with E-state index in [1.807, 2.05) is 0 Å². The van der Waals surface area contributed by atoms with E-state index in [0.717, 1.165) is 5.56 Å². The van der Waals surface area contributed by atoms with Crippen LogP contribution in [0.1, 0.15) is 5.56 Å². The van der Waals surface area contributed by atoms with Gasteiger partial charge < -0.3 is 14.3 Å². The standard InChI is InChI=1S/C9H8ClNO3/c1-11-14-4-6-2-8-9(3-7(6)10)13-5-12-8/h2-3H,1,4-5H2. The third-order valence-corrected chi connectivity index (χ3v) is 2.20. The Morgan fingerprint density at radius 1 is 1.43 bits per heavy atom. The maximum atomic E-state index is 5.97. The largest absolute Gasteiger partial charge is 0.454 e.